The van der Waals surface area contributed by atoms with E-state index in [1.54, 1.807) is 13.8 Å². The minimum absolute atomic E-state index is 0. The fourth-order valence-electron chi connectivity index (χ4n) is 1.35. The molecule has 7 heteroatoms. The summed E-state index contributed by atoms with van der Waals surface area (Å²) >= 11 is 0. The highest BCUT2D eigenvalue weighted by molar-refractivity contribution is 5.85. The van der Waals surface area contributed by atoms with Crippen LogP contribution in [0.4, 0.5) is 17.6 Å². The fourth-order valence-corrected chi connectivity index (χ4v) is 1.35. The molecule has 0 fully saturated rings. The maximum absolute atomic E-state index is 13.7. The average Bonchev–Trinajstić information content (AvgIpc) is 2.18. The first-order valence-electron chi connectivity index (χ1n) is 5.02. The molecular weight excluding hydrogens is 274 g/mol. The molecule has 2 nitrogen and oxygen atoms in total. The van der Waals surface area contributed by atoms with Crippen LogP contribution in [-0.4, -0.2) is 6.36 Å². The second kappa shape index (κ2) is 6.24. The molecular formula is C11H14ClF4NO. The van der Waals surface area contributed by atoms with Gasteiger partial charge in [0.2, 0.25) is 0 Å². The van der Waals surface area contributed by atoms with E-state index in [1.807, 2.05) is 0 Å². The Hall–Kier alpha value is -1.01. The van der Waals surface area contributed by atoms with Gasteiger partial charge in [-0.3, -0.25) is 0 Å². The number of hydrogen-bond acceptors (Lipinski definition) is 2. The van der Waals surface area contributed by atoms with Gasteiger partial charge in [0.25, 0.3) is 0 Å². The zero-order valence-corrected chi connectivity index (χ0v) is 10.6. The molecule has 0 heterocycles. The van der Waals surface area contributed by atoms with Gasteiger partial charge < -0.3 is 10.5 Å². The van der Waals surface area contributed by atoms with Gasteiger partial charge in [-0.25, -0.2) is 4.39 Å². The summed E-state index contributed by atoms with van der Waals surface area (Å²) in [6.07, 6.45) is -4.92. The van der Waals surface area contributed by atoms with Crippen molar-refractivity contribution < 1.29 is 22.3 Å². The van der Waals surface area contributed by atoms with Gasteiger partial charge in [-0.15, -0.1) is 25.6 Å². The number of hydrogen-bond donors (Lipinski definition) is 1. The van der Waals surface area contributed by atoms with Crippen LogP contribution in [0.5, 0.6) is 5.75 Å². The van der Waals surface area contributed by atoms with Crippen molar-refractivity contribution in [1.82, 2.24) is 0 Å². The number of halogens is 5. The van der Waals surface area contributed by atoms with E-state index >= 15 is 0 Å². The van der Waals surface area contributed by atoms with Crippen LogP contribution in [0.25, 0.3) is 0 Å². The van der Waals surface area contributed by atoms with E-state index in [0.29, 0.717) is 0 Å². The van der Waals surface area contributed by atoms with Gasteiger partial charge in [0.15, 0.2) is 11.6 Å². The zero-order chi connectivity index (χ0) is 13.2. The molecule has 0 radical (unpaired) electrons. The largest absolute Gasteiger partial charge is 0.573 e. The molecule has 0 saturated heterocycles. The first kappa shape index (κ1) is 17.0. The Kier molecular flexibility index (Phi) is 5.89. The lowest BCUT2D eigenvalue weighted by Crippen LogP contribution is -2.21. The monoisotopic (exact) mass is 287 g/mol. The highest BCUT2D eigenvalue weighted by Gasteiger charge is 2.33. The highest BCUT2D eigenvalue weighted by Crippen LogP contribution is 2.31. The number of nitrogens with two attached hydrogens (primary N) is 1. The minimum Gasteiger partial charge on any atom is -0.403 e. The van der Waals surface area contributed by atoms with Gasteiger partial charge in [-0.05, 0) is 12.0 Å². The van der Waals surface area contributed by atoms with Gasteiger partial charge in [0.05, 0.1) is 0 Å². The summed E-state index contributed by atoms with van der Waals surface area (Å²) < 4.78 is 53.3. The van der Waals surface area contributed by atoms with Crippen LogP contribution in [0, 0.1) is 11.7 Å². The van der Waals surface area contributed by atoms with Crippen LogP contribution in [0.1, 0.15) is 25.5 Å². The number of rotatable bonds is 3. The zero-order valence-electron chi connectivity index (χ0n) is 9.79. The van der Waals surface area contributed by atoms with Gasteiger partial charge in [-0.1, -0.05) is 26.0 Å². The molecule has 0 aliphatic rings. The van der Waals surface area contributed by atoms with Crippen LogP contribution in [-0.2, 0) is 0 Å². The van der Waals surface area contributed by atoms with Gasteiger partial charge in [0.1, 0.15) is 0 Å². The summed E-state index contributed by atoms with van der Waals surface area (Å²) in [6, 6.07) is 2.87. The van der Waals surface area contributed by atoms with Crippen molar-refractivity contribution in [2.24, 2.45) is 11.7 Å². The van der Waals surface area contributed by atoms with Crippen LogP contribution in [0.15, 0.2) is 18.2 Å². The third kappa shape index (κ3) is 4.34. The molecule has 1 aromatic rings. The SMILES string of the molecule is CC(C)C(N)c1cccc(OC(F)(F)F)c1F.Cl. The fraction of sp³-hybridized carbons (Fsp3) is 0.455. The molecule has 1 aromatic carbocycles. The van der Waals surface area contributed by atoms with E-state index < -0.39 is 24.0 Å². The van der Waals surface area contributed by atoms with E-state index in [9.17, 15) is 17.6 Å². The van der Waals surface area contributed by atoms with E-state index in [0.717, 1.165) is 6.07 Å². The van der Waals surface area contributed by atoms with Gasteiger partial charge in [0, 0.05) is 11.6 Å². The minimum atomic E-state index is -4.92. The molecule has 0 aromatic heterocycles. The molecule has 0 aliphatic heterocycles. The van der Waals surface area contributed by atoms with Crippen LogP contribution < -0.4 is 10.5 Å². The summed E-state index contributed by atoms with van der Waals surface area (Å²) in [5, 5.41) is 0. The van der Waals surface area contributed by atoms with E-state index in [1.165, 1.54) is 12.1 Å². The Bertz CT molecular complexity index is 395. The molecule has 18 heavy (non-hydrogen) atoms. The Labute approximate surface area is 109 Å². The molecule has 0 aliphatic carbocycles. The van der Waals surface area contributed by atoms with Gasteiger partial charge >= 0.3 is 6.36 Å². The number of benzene rings is 1. The van der Waals surface area contributed by atoms with Crippen LogP contribution >= 0.6 is 12.4 Å². The lowest BCUT2D eigenvalue weighted by Gasteiger charge is -2.18. The summed E-state index contributed by atoms with van der Waals surface area (Å²) in [5.41, 5.74) is 5.71. The van der Waals surface area contributed by atoms with E-state index in [-0.39, 0.29) is 23.9 Å². The maximum Gasteiger partial charge on any atom is 0.573 e. The third-order valence-corrected chi connectivity index (χ3v) is 2.30. The Balaban J connectivity index is 0.00000289. The predicted octanol–water partition coefficient (Wildman–Crippen LogP) is 3.80. The van der Waals surface area contributed by atoms with Crippen molar-refractivity contribution in [1.29, 1.82) is 0 Å². The molecule has 0 amide bonds. The highest BCUT2D eigenvalue weighted by atomic mass is 35.5. The lowest BCUT2D eigenvalue weighted by atomic mass is 9.96. The van der Waals surface area contributed by atoms with Crippen molar-refractivity contribution in [3.8, 4) is 5.75 Å². The summed E-state index contributed by atoms with van der Waals surface area (Å²) in [5.74, 6) is -2.01. The lowest BCUT2D eigenvalue weighted by molar-refractivity contribution is -0.275. The third-order valence-electron chi connectivity index (χ3n) is 2.30. The standard InChI is InChI=1S/C11H13F4NO.ClH/c1-6(2)10(16)7-4-3-5-8(9(7)12)17-11(13,14)15;/h3-6,10H,16H2,1-2H3;1H. The Morgan fingerprint density at radius 3 is 2.22 bits per heavy atom. The maximum atomic E-state index is 13.7. The topological polar surface area (TPSA) is 35.2 Å². The molecule has 2 N–H and O–H groups in total. The number of ether oxygens (including phenoxy) is 1. The Morgan fingerprint density at radius 1 is 1.22 bits per heavy atom. The summed E-state index contributed by atoms with van der Waals surface area (Å²) in [7, 11) is 0. The average molecular weight is 288 g/mol. The van der Waals surface area contributed by atoms with Crippen molar-refractivity contribution in [2.45, 2.75) is 26.3 Å². The smallest absolute Gasteiger partial charge is 0.403 e. The van der Waals surface area contributed by atoms with Crippen molar-refractivity contribution >= 4 is 12.4 Å². The molecule has 0 spiro atoms. The van der Waals surface area contributed by atoms with Crippen molar-refractivity contribution in [2.75, 3.05) is 0 Å². The molecule has 1 rings (SSSR count). The summed E-state index contributed by atoms with van der Waals surface area (Å²) in [6.45, 7) is 3.50. The van der Waals surface area contributed by atoms with E-state index in [2.05, 4.69) is 4.74 Å². The number of alkyl halides is 3. The van der Waals surface area contributed by atoms with Crippen LogP contribution in [0.3, 0.4) is 0 Å². The molecule has 0 saturated carbocycles. The first-order chi connectivity index (χ1) is 7.72. The molecule has 104 valence electrons. The second-order valence-corrected chi connectivity index (χ2v) is 3.98. The Morgan fingerprint density at radius 2 is 1.78 bits per heavy atom. The van der Waals surface area contributed by atoms with Crippen molar-refractivity contribution in [3.05, 3.63) is 29.6 Å². The molecule has 0 bridgehead atoms. The van der Waals surface area contributed by atoms with Crippen LogP contribution in [0.2, 0.25) is 0 Å². The quantitative estimate of drug-likeness (QED) is 0.858. The van der Waals surface area contributed by atoms with Crippen molar-refractivity contribution in [3.63, 3.8) is 0 Å². The summed E-state index contributed by atoms with van der Waals surface area (Å²) in [4.78, 5) is 0. The first-order valence-corrected chi connectivity index (χ1v) is 5.02. The normalized spacial score (nSPS) is 13.1. The molecule has 1 unspecified atom stereocenters. The predicted molar refractivity (Wildman–Crippen MR) is 62.1 cm³/mol. The van der Waals surface area contributed by atoms with E-state index in [4.69, 9.17) is 5.73 Å². The second-order valence-electron chi connectivity index (χ2n) is 3.98. The molecule has 1 atom stereocenters. The van der Waals surface area contributed by atoms with Gasteiger partial charge in [-0.2, -0.15) is 0 Å².